The van der Waals surface area contributed by atoms with Crippen molar-refractivity contribution >= 4 is 17.5 Å². The SMILES string of the molecule is CC(=O)N1CCN(C2C[C@H](NC(=O)C3Cc4c(F)ccc(C)c4N3)CN(C)C2)CC1. The third kappa shape index (κ3) is 4.30. The number of nitrogens with zero attached hydrogens (tertiary/aromatic N) is 3. The monoisotopic (exact) mass is 417 g/mol. The molecule has 0 radical (unpaired) electrons. The number of carbonyl (C=O) groups is 2. The zero-order valence-corrected chi connectivity index (χ0v) is 18.1. The van der Waals surface area contributed by atoms with Gasteiger partial charge < -0.3 is 20.4 Å². The van der Waals surface area contributed by atoms with Crippen LogP contribution in [0.2, 0.25) is 0 Å². The summed E-state index contributed by atoms with van der Waals surface area (Å²) >= 11 is 0. The highest BCUT2D eigenvalue weighted by molar-refractivity contribution is 5.88. The summed E-state index contributed by atoms with van der Waals surface area (Å²) in [6, 6.07) is 3.21. The van der Waals surface area contributed by atoms with Gasteiger partial charge in [0.05, 0.1) is 0 Å². The smallest absolute Gasteiger partial charge is 0.243 e. The van der Waals surface area contributed by atoms with Gasteiger partial charge in [0, 0.05) is 75.9 Å². The number of anilines is 1. The Labute approximate surface area is 177 Å². The van der Waals surface area contributed by atoms with Gasteiger partial charge in [-0.1, -0.05) is 6.07 Å². The lowest BCUT2D eigenvalue weighted by Crippen LogP contribution is -2.60. The number of benzene rings is 1. The van der Waals surface area contributed by atoms with E-state index in [1.54, 1.807) is 13.0 Å². The molecule has 3 atom stereocenters. The van der Waals surface area contributed by atoms with Gasteiger partial charge in [-0.3, -0.25) is 14.5 Å². The number of piperazine rings is 1. The molecule has 2 amide bonds. The highest BCUT2D eigenvalue weighted by Gasteiger charge is 2.35. The minimum Gasteiger partial charge on any atom is -0.373 e. The molecule has 0 aromatic heterocycles. The molecule has 8 heteroatoms. The first kappa shape index (κ1) is 21.1. The Hall–Kier alpha value is -2.19. The van der Waals surface area contributed by atoms with Gasteiger partial charge in [-0.25, -0.2) is 4.39 Å². The quantitative estimate of drug-likeness (QED) is 0.763. The van der Waals surface area contributed by atoms with Crippen molar-refractivity contribution in [2.45, 2.75) is 44.8 Å². The zero-order chi connectivity index (χ0) is 21.4. The van der Waals surface area contributed by atoms with E-state index in [0.717, 1.165) is 56.9 Å². The molecule has 3 aliphatic heterocycles. The van der Waals surface area contributed by atoms with Gasteiger partial charge in [-0.2, -0.15) is 0 Å². The summed E-state index contributed by atoms with van der Waals surface area (Å²) in [7, 11) is 2.08. The number of rotatable bonds is 3. The molecule has 1 aromatic carbocycles. The normalized spacial score (nSPS) is 27.5. The van der Waals surface area contributed by atoms with Crippen LogP contribution in [0.4, 0.5) is 10.1 Å². The maximum absolute atomic E-state index is 14.1. The van der Waals surface area contributed by atoms with E-state index in [0.29, 0.717) is 18.0 Å². The Morgan fingerprint density at radius 3 is 2.57 bits per heavy atom. The lowest BCUT2D eigenvalue weighted by molar-refractivity contribution is -0.131. The van der Waals surface area contributed by atoms with E-state index in [9.17, 15) is 14.0 Å². The van der Waals surface area contributed by atoms with E-state index in [4.69, 9.17) is 0 Å². The summed E-state index contributed by atoms with van der Waals surface area (Å²) in [4.78, 5) is 31.1. The number of likely N-dealkylation sites (N-methyl/N-ethyl adjacent to an activating group) is 1. The van der Waals surface area contributed by atoms with Crippen LogP contribution in [-0.2, 0) is 16.0 Å². The van der Waals surface area contributed by atoms with Crippen LogP contribution in [0.5, 0.6) is 0 Å². The van der Waals surface area contributed by atoms with Gasteiger partial charge in [0.25, 0.3) is 0 Å². The summed E-state index contributed by atoms with van der Waals surface area (Å²) < 4.78 is 14.1. The van der Waals surface area contributed by atoms with E-state index in [1.807, 2.05) is 11.8 Å². The predicted octanol–water partition coefficient (Wildman–Crippen LogP) is 0.824. The number of piperidine rings is 1. The molecule has 0 saturated carbocycles. The lowest BCUT2D eigenvalue weighted by Gasteiger charge is -2.44. The van der Waals surface area contributed by atoms with E-state index in [-0.39, 0.29) is 23.7 Å². The van der Waals surface area contributed by atoms with Gasteiger partial charge in [0.2, 0.25) is 11.8 Å². The van der Waals surface area contributed by atoms with Crippen molar-refractivity contribution in [3.05, 3.63) is 29.1 Å². The third-order valence-electron chi connectivity index (χ3n) is 6.74. The lowest BCUT2D eigenvalue weighted by atomic mass is 9.98. The van der Waals surface area contributed by atoms with Crippen LogP contribution in [0.1, 0.15) is 24.5 Å². The third-order valence-corrected chi connectivity index (χ3v) is 6.74. The standard InChI is InChI=1S/C22H32FN5O2/c1-14-4-5-19(23)18-11-20(25-21(14)18)22(30)24-16-10-17(13-26(3)12-16)28-8-6-27(7-9-28)15(2)29/h4-5,16-17,20,25H,6-13H2,1-3H3,(H,24,30)/t16-,17?,20?/m0/s1. The molecule has 30 heavy (non-hydrogen) atoms. The van der Waals surface area contributed by atoms with Gasteiger partial charge in [0.1, 0.15) is 11.9 Å². The van der Waals surface area contributed by atoms with Crippen LogP contribution in [0.15, 0.2) is 12.1 Å². The number of hydrogen-bond donors (Lipinski definition) is 2. The number of hydrogen-bond acceptors (Lipinski definition) is 5. The summed E-state index contributed by atoms with van der Waals surface area (Å²) in [5.41, 5.74) is 2.33. The molecule has 0 bridgehead atoms. The average molecular weight is 418 g/mol. The van der Waals surface area contributed by atoms with Gasteiger partial charge >= 0.3 is 0 Å². The second-order valence-electron chi connectivity index (χ2n) is 8.98. The molecule has 1 aromatic rings. The van der Waals surface area contributed by atoms with Crippen molar-refractivity contribution in [3.63, 3.8) is 0 Å². The largest absolute Gasteiger partial charge is 0.373 e. The molecule has 3 aliphatic rings. The average Bonchev–Trinajstić information content (AvgIpc) is 3.17. The van der Waals surface area contributed by atoms with E-state index in [2.05, 4.69) is 27.5 Å². The first-order valence-electron chi connectivity index (χ1n) is 10.8. The van der Waals surface area contributed by atoms with Crippen LogP contribution < -0.4 is 10.6 Å². The second-order valence-corrected chi connectivity index (χ2v) is 8.98. The summed E-state index contributed by atoms with van der Waals surface area (Å²) in [5.74, 6) is -0.177. The fourth-order valence-corrected chi connectivity index (χ4v) is 5.09. The Morgan fingerprint density at radius 1 is 1.17 bits per heavy atom. The van der Waals surface area contributed by atoms with Crippen molar-refractivity contribution in [3.8, 4) is 0 Å². The number of amides is 2. The maximum Gasteiger partial charge on any atom is 0.243 e. The van der Waals surface area contributed by atoms with Gasteiger partial charge in [-0.05, 0) is 32.0 Å². The first-order chi connectivity index (χ1) is 14.3. The van der Waals surface area contributed by atoms with Crippen LogP contribution in [0.25, 0.3) is 0 Å². The molecule has 7 nitrogen and oxygen atoms in total. The number of halogens is 1. The molecule has 4 rings (SSSR count). The molecular weight excluding hydrogens is 385 g/mol. The molecule has 164 valence electrons. The van der Waals surface area contributed by atoms with Crippen molar-refractivity contribution in [2.24, 2.45) is 0 Å². The Morgan fingerprint density at radius 2 is 1.90 bits per heavy atom. The molecule has 2 N–H and O–H groups in total. The fourth-order valence-electron chi connectivity index (χ4n) is 5.09. The van der Waals surface area contributed by atoms with Crippen molar-refractivity contribution in [1.82, 2.24) is 20.0 Å². The molecule has 2 unspecified atom stereocenters. The van der Waals surface area contributed by atoms with E-state index in [1.165, 1.54) is 6.07 Å². The Bertz CT molecular complexity index is 793. The minimum atomic E-state index is -0.430. The zero-order valence-electron chi connectivity index (χ0n) is 18.1. The number of aryl methyl sites for hydroxylation is 1. The highest BCUT2D eigenvalue weighted by atomic mass is 19.1. The molecular formula is C22H32FN5O2. The number of nitrogens with one attached hydrogen (secondary N) is 2. The second kappa shape index (κ2) is 8.51. The molecule has 3 heterocycles. The molecule has 0 spiro atoms. The van der Waals surface area contributed by atoms with Crippen molar-refractivity contribution < 1.29 is 14.0 Å². The van der Waals surface area contributed by atoms with Crippen LogP contribution in [0, 0.1) is 12.7 Å². The van der Waals surface area contributed by atoms with Crippen molar-refractivity contribution in [1.29, 1.82) is 0 Å². The minimum absolute atomic E-state index is 0.0588. The summed E-state index contributed by atoms with van der Waals surface area (Å²) in [6.45, 7) is 8.60. The Kier molecular flexibility index (Phi) is 5.97. The number of fused-ring (bicyclic) bond motifs is 1. The van der Waals surface area contributed by atoms with Gasteiger partial charge in [0.15, 0.2) is 0 Å². The van der Waals surface area contributed by atoms with Crippen LogP contribution in [-0.4, -0.2) is 91.0 Å². The van der Waals surface area contributed by atoms with E-state index >= 15 is 0 Å². The molecule has 2 saturated heterocycles. The topological polar surface area (TPSA) is 67.9 Å². The Balaban J connectivity index is 1.34. The van der Waals surface area contributed by atoms with Crippen molar-refractivity contribution in [2.75, 3.05) is 51.6 Å². The van der Waals surface area contributed by atoms with Crippen LogP contribution in [0.3, 0.4) is 0 Å². The van der Waals surface area contributed by atoms with Crippen LogP contribution >= 0.6 is 0 Å². The maximum atomic E-state index is 14.1. The molecule has 0 aliphatic carbocycles. The summed E-state index contributed by atoms with van der Waals surface area (Å²) in [6.07, 6.45) is 1.27. The number of carbonyl (C=O) groups excluding carboxylic acids is 2. The fraction of sp³-hybridized carbons (Fsp3) is 0.636. The first-order valence-corrected chi connectivity index (χ1v) is 10.8. The predicted molar refractivity (Wildman–Crippen MR) is 114 cm³/mol. The van der Waals surface area contributed by atoms with E-state index < -0.39 is 6.04 Å². The highest BCUT2D eigenvalue weighted by Crippen LogP contribution is 2.31. The van der Waals surface area contributed by atoms with Gasteiger partial charge in [-0.15, -0.1) is 0 Å². The number of likely N-dealkylation sites (tertiary alicyclic amines) is 1. The molecule has 2 fully saturated rings. The summed E-state index contributed by atoms with van der Waals surface area (Å²) in [5, 5.41) is 6.42.